The summed E-state index contributed by atoms with van der Waals surface area (Å²) in [4.78, 5) is 21.1. The Hall–Kier alpha value is -4.00. The normalized spacial score (nSPS) is 23.6. The summed E-state index contributed by atoms with van der Waals surface area (Å²) in [6, 6.07) is 18.4. The van der Waals surface area contributed by atoms with Gasteiger partial charge in [-0.15, -0.1) is 0 Å². The number of nitrogens with one attached hydrogen (secondary N) is 1. The van der Waals surface area contributed by atoms with Gasteiger partial charge in [0, 0.05) is 71.2 Å². The van der Waals surface area contributed by atoms with Gasteiger partial charge in [-0.1, -0.05) is 64.7 Å². The van der Waals surface area contributed by atoms with Crippen molar-refractivity contribution in [2.45, 2.75) is 90.1 Å². The Morgan fingerprint density at radius 3 is 2.57 bits per heavy atom. The van der Waals surface area contributed by atoms with Crippen LogP contribution in [0.4, 0.5) is 4.39 Å². The summed E-state index contributed by atoms with van der Waals surface area (Å²) in [6.07, 6.45) is 4.04. The molecule has 0 spiro atoms. The SMILES string of the molecule is Cc1cc(C)cc(CO[C@H]2C[C@H](c3cc4c(C)nc5c(F)c(-c6cccc(Cl)c6Cl)c(CCC#N)cc5c4n3[C@H]3[C@H]4CN[C@@H]3C4)N(C(=O)C3CC3)C2)c1. The maximum Gasteiger partial charge on any atom is 0.226 e. The fourth-order valence-corrected chi connectivity index (χ4v) is 9.87. The second kappa shape index (κ2) is 13.4. The molecule has 5 aromatic rings. The molecule has 2 aliphatic carbocycles. The van der Waals surface area contributed by atoms with Crippen molar-refractivity contribution in [1.82, 2.24) is 19.8 Å². The number of benzene rings is 3. The van der Waals surface area contributed by atoms with Gasteiger partial charge >= 0.3 is 0 Å². The quantitative estimate of drug-likeness (QED) is 0.162. The molecule has 5 fully saturated rings. The highest BCUT2D eigenvalue weighted by Crippen LogP contribution is 2.51. The number of carbonyl (C=O) groups is 1. The van der Waals surface area contributed by atoms with Gasteiger partial charge < -0.3 is 19.5 Å². The Morgan fingerprint density at radius 1 is 1.08 bits per heavy atom. The van der Waals surface area contributed by atoms with E-state index in [-0.39, 0.29) is 53.0 Å². The van der Waals surface area contributed by atoms with E-state index in [1.54, 1.807) is 18.2 Å². The van der Waals surface area contributed by atoms with Crippen LogP contribution in [0.3, 0.4) is 0 Å². The summed E-state index contributed by atoms with van der Waals surface area (Å²) < 4.78 is 26.3. The second-order valence-corrected chi connectivity index (χ2v) is 16.5. The third kappa shape index (κ3) is 5.92. The van der Waals surface area contributed by atoms with Gasteiger partial charge in [-0.25, -0.2) is 9.37 Å². The monoisotopic (exact) mass is 749 g/mol. The van der Waals surface area contributed by atoms with E-state index in [2.05, 4.69) is 59.0 Å². The lowest BCUT2D eigenvalue weighted by Crippen LogP contribution is -2.41. The highest BCUT2D eigenvalue weighted by molar-refractivity contribution is 6.43. The molecule has 2 bridgehead atoms. The van der Waals surface area contributed by atoms with Gasteiger partial charge in [0.2, 0.25) is 5.91 Å². The Balaban J connectivity index is 1.22. The minimum absolute atomic E-state index is 0.0628. The highest BCUT2D eigenvalue weighted by Gasteiger charge is 2.51. The van der Waals surface area contributed by atoms with Crippen LogP contribution in [0, 0.1) is 49.8 Å². The number of likely N-dealkylation sites (tertiary alicyclic amines) is 1. The average Bonchev–Trinajstić information content (AvgIpc) is 3.42. The first kappa shape index (κ1) is 34.7. The number of amides is 1. The van der Waals surface area contributed by atoms with Crippen LogP contribution in [0.25, 0.3) is 32.9 Å². The number of carbonyl (C=O) groups excluding carboxylic acids is 1. The van der Waals surface area contributed by atoms with Crippen molar-refractivity contribution in [3.8, 4) is 17.2 Å². The maximum absolute atomic E-state index is 17.2. The highest BCUT2D eigenvalue weighted by atomic mass is 35.5. The predicted octanol–water partition coefficient (Wildman–Crippen LogP) is 9.49. The fourth-order valence-electron chi connectivity index (χ4n) is 9.47. The van der Waals surface area contributed by atoms with Crippen molar-refractivity contribution in [2.24, 2.45) is 11.8 Å². The van der Waals surface area contributed by atoms with E-state index in [1.807, 2.05) is 13.0 Å². The van der Waals surface area contributed by atoms with Crippen LogP contribution >= 0.6 is 23.2 Å². The third-order valence-corrected chi connectivity index (χ3v) is 12.8. The number of nitrogens with zero attached hydrogens (tertiary/aromatic N) is 4. The van der Waals surface area contributed by atoms with Gasteiger partial charge in [0.05, 0.1) is 46.4 Å². The number of ether oxygens (including phenoxy) is 1. The van der Waals surface area contributed by atoms with Crippen LogP contribution < -0.4 is 5.32 Å². The Labute approximate surface area is 319 Å². The molecule has 1 N–H and O–H groups in total. The van der Waals surface area contributed by atoms with Crippen LogP contribution in [0.15, 0.2) is 48.5 Å². The number of halogens is 3. The summed E-state index contributed by atoms with van der Waals surface area (Å²) >= 11 is 13.1. The summed E-state index contributed by atoms with van der Waals surface area (Å²) in [7, 11) is 0. The lowest BCUT2D eigenvalue weighted by Gasteiger charge is -2.39. The molecule has 2 aromatic heterocycles. The molecule has 2 saturated carbocycles. The molecule has 5 aliphatic rings. The van der Waals surface area contributed by atoms with Gasteiger partial charge in [-0.3, -0.25) is 4.79 Å². The van der Waals surface area contributed by atoms with Crippen LogP contribution in [0.2, 0.25) is 10.0 Å². The fraction of sp³-hybridized carbons (Fsp3) is 0.419. The number of hydrogen-bond acceptors (Lipinski definition) is 5. The minimum Gasteiger partial charge on any atom is -0.372 e. The van der Waals surface area contributed by atoms with Gasteiger partial charge in [0.25, 0.3) is 0 Å². The first-order chi connectivity index (χ1) is 25.6. The lowest BCUT2D eigenvalue weighted by atomic mass is 9.79. The minimum atomic E-state index is -0.472. The smallest absolute Gasteiger partial charge is 0.226 e. The molecule has 5 heterocycles. The maximum atomic E-state index is 17.2. The number of pyridine rings is 1. The Kier molecular flexibility index (Phi) is 8.78. The molecule has 1 amide bonds. The van der Waals surface area contributed by atoms with Gasteiger partial charge in [0.1, 0.15) is 5.52 Å². The van der Waals surface area contributed by atoms with Gasteiger partial charge in [-0.05, 0) is 81.7 Å². The summed E-state index contributed by atoms with van der Waals surface area (Å²) in [5.41, 5.74) is 8.03. The second-order valence-electron chi connectivity index (χ2n) is 15.7. The van der Waals surface area contributed by atoms with Gasteiger partial charge in [0.15, 0.2) is 5.82 Å². The standard InChI is InChI=1S/C43H42Cl2FN5O2/c1-22-12-23(2)14-25(13-22)21-53-29-17-35(50(20-29)43(52)26-9-10-26)36-18-31-24(3)49-40-32(42(31)51(36)41-28-16-34(41)48-19-28)15-27(6-5-11-47)37(39(40)46)30-7-4-8-33(44)38(30)45/h4,7-8,12-15,18,26,28-29,34-35,41,48H,5-6,9-10,16-17,19-21H2,1-3H3/t28-,29+,34-,35-,41+/m1/s1. The van der Waals surface area contributed by atoms with Crippen molar-refractivity contribution in [2.75, 3.05) is 13.1 Å². The zero-order valence-corrected chi connectivity index (χ0v) is 31.7. The molecular weight excluding hydrogens is 708 g/mol. The summed E-state index contributed by atoms with van der Waals surface area (Å²) in [5, 5.41) is 15.6. The molecule has 0 radical (unpaired) electrons. The molecular formula is C43H42Cl2FN5O2. The molecule has 10 rings (SSSR count). The van der Waals surface area contributed by atoms with Crippen molar-refractivity contribution < 1.29 is 13.9 Å². The van der Waals surface area contributed by atoms with E-state index < -0.39 is 5.82 Å². The van der Waals surface area contributed by atoms with E-state index in [1.165, 1.54) is 11.1 Å². The first-order valence-corrected chi connectivity index (χ1v) is 19.6. The number of aromatic nitrogens is 2. The van der Waals surface area contributed by atoms with Crippen molar-refractivity contribution >= 4 is 50.9 Å². The van der Waals surface area contributed by atoms with E-state index >= 15 is 4.39 Å². The zero-order valence-electron chi connectivity index (χ0n) is 30.2. The topological polar surface area (TPSA) is 83.2 Å². The average molecular weight is 751 g/mol. The molecule has 53 heavy (non-hydrogen) atoms. The van der Waals surface area contributed by atoms with E-state index in [4.69, 9.17) is 32.9 Å². The molecule has 5 atom stereocenters. The van der Waals surface area contributed by atoms with E-state index in [0.29, 0.717) is 59.0 Å². The lowest BCUT2D eigenvalue weighted by molar-refractivity contribution is -0.134. The van der Waals surface area contributed by atoms with E-state index in [0.717, 1.165) is 53.7 Å². The third-order valence-electron chi connectivity index (χ3n) is 12.0. The van der Waals surface area contributed by atoms with E-state index in [9.17, 15) is 10.1 Å². The van der Waals surface area contributed by atoms with Crippen LogP contribution in [0.1, 0.15) is 77.8 Å². The van der Waals surface area contributed by atoms with Crippen molar-refractivity contribution in [3.63, 3.8) is 0 Å². The molecule has 0 unspecified atom stereocenters. The number of fused-ring (bicyclic) bond motifs is 4. The number of nitriles is 1. The molecule has 10 heteroatoms. The first-order valence-electron chi connectivity index (χ1n) is 18.8. The van der Waals surface area contributed by atoms with Crippen LogP contribution in [0.5, 0.6) is 0 Å². The summed E-state index contributed by atoms with van der Waals surface area (Å²) in [5.74, 6) is 0.218. The number of rotatable bonds is 9. The predicted molar refractivity (Wildman–Crippen MR) is 207 cm³/mol. The Morgan fingerprint density at radius 2 is 1.87 bits per heavy atom. The summed E-state index contributed by atoms with van der Waals surface area (Å²) in [6.45, 7) is 8.10. The van der Waals surface area contributed by atoms with Gasteiger partial charge in [-0.2, -0.15) is 5.26 Å². The molecule has 7 nitrogen and oxygen atoms in total. The number of aryl methyl sites for hydroxylation is 4. The Bertz CT molecular complexity index is 2330. The molecule has 3 saturated heterocycles. The zero-order chi connectivity index (χ0) is 36.7. The number of hydrogen-bond donors (Lipinski definition) is 1. The van der Waals surface area contributed by atoms with Crippen LogP contribution in [-0.2, 0) is 22.6 Å². The van der Waals surface area contributed by atoms with Crippen LogP contribution in [-0.4, -0.2) is 45.6 Å². The molecule has 272 valence electrons. The largest absolute Gasteiger partial charge is 0.372 e. The molecule has 3 aromatic carbocycles. The molecule has 3 aliphatic heterocycles. The van der Waals surface area contributed by atoms with Crippen molar-refractivity contribution in [1.29, 1.82) is 5.26 Å². The van der Waals surface area contributed by atoms with Crippen molar-refractivity contribution in [3.05, 3.63) is 98.0 Å².